The van der Waals surface area contributed by atoms with Crippen molar-refractivity contribution in [1.29, 1.82) is 0 Å². The summed E-state index contributed by atoms with van der Waals surface area (Å²) >= 11 is 5.85. The zero-order valence-electron chi connectivity index (χ0n) is 22.4. The maximum atomic E-state index is 12.6. The minimum absolute atomic E-state index is 0.0671. The van der Waals surface area contributed by atoms with Crippen molar-refractivity contribution in [3.63, 3.8) is 0 Å². The molecule has 0 heterocycles. The van der Waals surface area contributed by atoms with Crippen molar-refractivity contribution in [1.82, 2.24) is 10.6 Å². The third-order valence-corrected chi connectivity index (χ3v) is 5.67. The van der Waals surface area contributed by atoms with E-state index in [9.17, 15) is 18.0 Å². The maximum absolute atomic E-state index is 12.6. The van der Waals surface area contributed by atoms with Crippen molar-refractivity contribution in [3.8, 4) is 5.75 Å². The van der Waals surface area contributed by atoms with E-state index in [1.807, 2.05) is 65.1 Å². The van der Waals surface area contributed by atoms with Crippen molar-refractivity contribution < 1.29 is 22.7 Å². The lowest BCUT2D eigenvalue weighted by atomic mass is 10.0. The molecule has 2 N–H and O–H groups in total. The Kier molecular flexibility index (Phi) is 11.8. The molecule has 0 amide bonds. The molecule has 0 fully saturated rings. The summed E-state index contributed by atoms with van der Waals surface area (Å²) in [4.78, 5) is 12.1. The Labute approximate surface area is 228 Å². The summed E-state index contributed by atoms with van der Waals surface area (Å²) < 4.78 is 43.6. The fourth-order valence-electron chi connectivity index (χ4n) is 3.73. The van der Waals surface area contributed by atoms with Crippen LogP contribution in [0, 0.1) is 0 Å². The van der Waals surface area contributed by atoms with Crippen LogP contribution < -0.4 is 15.4 Å². The monoisotopic (exact) mass is 548 g/mol. The predicted molar refractivity (Wildman–Crippen MR) is 148 cm³/mol. The third kappa shape index (κ3) is 10.9. The number of carbonyl (C=O) groups is 1. The number of benzene rings is 3. The molecule has 3 aromatic carbocycles. The molecule has 0 radical (unpaired) electrons. The lowest BCUT2D eigenvalue weighted by Gasteiger charge is -2.25. The number of alkyl halides is 3. The first-order valence-electron chi connectivity index (χ1n) is 12.4. The Balaban J connectivity index is 0.000000281. The van der Waals surface area contributed by atoms with E-state index in [0.717, 1.165) is 30.7 Å². The Morgan fingerprint density at radius 2 is 1.58 bits per heavy atom. The smallest absolute Gasteiger partial charge is 0.416 e. The molecule has 2 atom stereocenters. The summed E-state index contributed by atoms with van der Waals surface area (Å²) in [7, 11) is 1.85. The van der Waals surface area contributed by atoms with Gasteiger partial charge in [-0.2, -0.15) is 13.2 Å². The molecule has 0 aromatic heterocycles. The molecule has 2 unspecified atom stereocenters. The van der Waals surface area contributed by atoms with Crippen LogP contribution in [0.5, 0.6) is 5.75 Å². The van der Waals surface area contributed by atoms with Gasteiger partial charge in [-0.25, -0.2) is 0 Å². The van der Waals surface area contributed by atoms with Crippen LogP contribution in [0.4, 0.5) is 13.2 Å². The van der Waals surface area contributed by atoms with E-state index in [1.165, 1.54) is 12.1 Å². The van der Waals surface area contributed by atoms with Gasteiger partial charge in [-0.1, -0.05) is 54.1 Å². The zero-order chi connectivity index (χ0) is 28.3. The topological polar surface area (TPSA) is 50.4 Å². The number of halogens is 4. The first-order valence-corrected chi connectivity index (χ1v) is 12.8. The molecular weight excluding hydrogens is 513 g/mol. The number of nitrogens with one attached hydrogen (secondary N) is 2. The van der Waals surface area contributed by atoms with Gasteiger partial charge in [-0.15, -0.1) is 0 Å². The summed E-state index contributed by atoms with van der Waals surface area (Å²) in [5.74, 6) is 0.496. The lowest BCUT2D eigenvalue weighted by Crippen LogP contribution is -2.46. The van der Waals surface area contributed by atoms with Crippen molar-refractivity contribution in [2.45, 2.75) is 58.0 Å². The molecule has 0 saturated carbocycles. The normalized spacial score (nSPS) is 13.2. The molecule has 3 aromatic rings. The summed E-state index contributed by atoms with van der Waals surface area (Å²) in [6, 6.07) is 21.3. The molecule has 0 spiro atoms. The lowest BCUT2D eigenvalue weighted by molar-refractivity contribution is -0.137. The van der Waals surface area contributed by atoms with Gasteiger partial charge in [-0.05, 0) is 83.2 Å². The fourth-order valence-corrected chi connectivity index (χ4v) is 3.92. The second-order valence-electron chi connectivity index (χ2n) is 9.92. The van der Waals surface area contributed by atoms with Gasteiger partial charge in [0.1, 0.15) is 11.9 Å². The van der Waals surface area contributed by atoms with Crippen LogP contribution in [0.1, 0.15) is 61.7 Å². The van der Waals surface area contributed by atoms with Crippen molar-refractivity contribution >= 4 is 17.4 Å². The molecular formula is C30H36ClF3N2O2. The van der Waals surface area contributed by atoms with Crippen LogP contribution >= 0.6 is 11.6 Å². The highest BCUT2D eigenvalue weighted by atomic mass is 35.5. The van der Waals surface area contributed by atoms with Gasteiger partial charge in [0.2, 0.25) is 0 Å². The van der Waals surface area contributed by atoms with E-state index < -0.39 is 11.7 Å². The number of ether oxygens (including phenoxy) is 1. The average molecular weight is 549 g/mol. The molecule has 0 aliphatic rings. The Bertz CT molecular complexity index is 1130. The van der Waals surface area contributed by atoms with Gasteiger partial charge < -0.3 is 15.4 Å². The highest BCUT2D eigenvalue weighted by Crippen LogP contribution is 2.31. The van der Waals surface area contributed by atoms with Gasteiger partial charge >= 0.3 is 6.18 Å². The average Bonchev–Trinajstić information content (AvgIpc) is 2.85. The minimum atomic E-state index is -4.33. The molecule has 8 heteroatoms. The van der Waals surface area contributed by atoms with Crippen LogP contribution in [-0.4, -0.2) is 31.0 Å². The largest absolute Gasteiger partial charge is 0.486 e. The van der Waals surface area contributed by atoms with E-state index in [4.69, 9.17) is 16.3 Å². The van der Waals surface area contributed by atoms with E-state index in [0.29, 0.717) is 16.3 Å². The summed E-state index contributed by atoms with van der Waals surface area (Å²) in [6.07, 6.45) is -3.81. The molecule has 0 bridgehead atoms. The van der Waals surface area contributed by atoms with Gasteiger partial charge in [0.05, 0.1) is 11.6 Å². The number of ketones is 1. The third-order valence-electron chi connectivity index (χ3n) is 5.44. The number of hydrogen-bond acceptors (Lipinski definition) is 4. The Morgan fingerprint density at radius 3 is 2.11 bits per heavy atom. The second-order valence-corrected chi connectivity index (χ2v) is 10.4. The summed E-state index contributed by atoms with van der Waals surface area (Å²) in [6.45, 7) is 8.73. The van der Waals surface area contributed by atoms with E-state index in [2.05, 4.69) is 10.6 Å². The number of hydrogen-bond donors (Lipinski definition) is 2. The highest BCUT2D eigenvalue weighted by molar-refractivity contribution is 6.31. The summed E-state index contributed by atoms with van der Waals surface area (Å²) in [5, 5.41) is 6.89. The molecule has 3 rings (SSSR count). The Morgan fingerprint density at radius 1 is 0.947 bits per heavy atom. The second kappa shape index (κ2) is 14.3. The van der Waals surface area contributed by atoms with Crippen LogP contribution in [0.15, 0.2) is 78.9 Å². The van der Waals surface area contributed by atoms with Gasteiger partial charge in [0.15, 0.2) is 5.78 Å². The maximum Gasteiger partial charge on any atom is 0.416 e. The molecule has 0 saturated heterocycles. The number of carbonyl (C=O) groups excluding carboxylic acids is 1. The van der Waals surface area contributed by atoms with Crippen molar-refractivity contribution in [2.24, 2.45) is 0 Å². The predicted octanol–water partition coefficient (Wildman–Crippen LogP) is 7.73. The fraction of sp³-hybridized carbons (Fsp3) is 0.367. The van der Waals surface area contributed by atoms with Gasteiger partial charge in [0, 0.05) is 22.5 Å². The first kappa shape index (κ1) is 31.3. The SMILES string of the molecule is CC(NC(C)(C)C)C(=O)c1cccc(Cl)c1.CNCCC(Oc1ccc(C(F)(F)F)cc1)c1ccccc1. The first-order chi connectivity index (χ1) is 17.8. The summed E-state index contributed by atoms with van der Waals surface area (Å²) in [5.41, 5.74) is 0.897. The quantitative estimate of drug-likeness (QED) is 0.269. The van der Waals surface area contributed by atoms with Crippen LogP contribution in [0.25, 0.3) is 0 Å². The van der Waals surface area contributed by atoms with Crippen LogP contribution in [0.2, 0.25) is 5.02 Å². The van der Waals surface area contributed by atoms with Crippen molar-refractivity contribution in [3.05, 3.63) is 101 Å². The molecule has 4 nitrogen and oxygen atoms in total. The van der Waals surface area contributed by atoms with E-state index in [1.54, 1.807) is 24.3 Å². The van der Waals surface area contributed by atoms with E-state index >= 15 is 0 Å². The number of Topliss-reactive ketones (excluding diaryl/α,β-unsaturated/α-hetero) is 1. The zero-order valence-corrected chi connectivity index (χ0v) is 23.2. The van der Waals surface area contributed by atoms with E-state index in [-0.39, 0.29) is 23.5 Å². The standard InChI is InChI=1S/C17H18F3NO.C13H18ClNO/c1-21-12-11-16(13-5-3-2-4-6-13)22-15-9-7-14(8-10-15)17(18,19)20;1-9(15-13(2,3)4)12(16)10-6-5-7-11(14)8-10/h2-10,16,21H,11-12H2,1H3;5-9,15H,1-4H3. The molecule has 38 heavy (non-hydrogen) atoms. The van der Waals surface area contributed by atoms with Crippen LogP contribution in [-0.2, 0) is 6.18 Å². The van der Waals surface area contributed by atoms with Gasteiger partial charge in [0.25, 0.3) is 0 Å². The molecule has 206 valence electrons. The van der Waals surface area contributed by atoms with Gasteiger partial charge in [-0.3, -0.25) is 4.79 Å². The Hall–Kier alpha value is -2.87. The van der Waals surface area contributed by atoms with Crippen molar-refractivity contribution in [2.75, 3.05) is 13.6 Å². The van der Waals surface area contributed by atoms with Crippen LogP contribution in [0.3, 0.4) is 0 Å². The molecule has 0 aliphatic heterocycles. The highest BCUT2D eigenvalue weighted by Gasteiger charge is 2.30. The molecule has 0 aliphatic carbocycles. The number of rotatable bonds is 9. The minimum Gasteiger partial charge on any atom is -0.486 e.